The Hall–Kier alpha value is -3.29. The van der Waals surface area contributed by atoms with Crippen LogP contribution in [0.5, 0.6) is 11.8 Å². The van der Waals surface area contributed by atoms with Crippen molar-refractivity contribution in [1.82, 2.24) is 14.5 Å². The van der Waals surface area contributed by atoms with Gasteiger partial charge in [-0.25, -0.2) is 13.9 Å². The van der Waals surface area contributed by atoms with Gasteiger partial charge in [0, 0.05) is 10.3 Å². The molecule has 8 heteroatoms. The SMILES string of the molecule is Cc1sc2nc(C)c3c(=O)n(-c4ccc(F)cc4)c(Oc4ccccc4Cl)nc3c2c1C. The van der Waals surface area contributed by atoms with Crippen LogP contribution in [0, 0.1) is 26.6 Å². The van der Waals surface area contributed by atoms with Gasteiger partial charge in [0.25, 0.3) is 5.56 Å². The molecule has 0 unspecified atom stereocenters. The zero-order valence-electron chi connectivity index (χ0n) is 17.4. The molecule has 0 N–H and O–H groups in total. The van der Waals surface area contributed by atoms with Crippen molar-refractivity contribution in [3.05, 3.63) is 85.9 Å². The number of thiophene rings is 1. The third kappa shape index (κ3) is 3.25. The summed E-state index contributed by atoms with van der Waals surface area (Å²) in [6.45, 7) is 5.80. The summed E-state index contributed by atoms with van der Waals surface area (Å²) in [6, 6.07) is 12.6. The number of hydrogen-bond acceptors (Lipinski definition) is 5. The number of aromatic nitrogens is 3. The molecular weight excluding hydrogens is 449 g/mol. The lowest BCUT2D eigenvalue weighted by molar-refractivity contribution is 0.427. The minimum atomic E-state index is -0.409. The second-order valence-electron chi connectivity index (χ2n) is 7.43. The van der Waals surface area contributed by atoms with Gasteiger partial charge < -0.3 is 4.74 Å². The Balaban J connectivity index is 1.91. The number of hydrogen-bond donors (Lipinski definition) is 0. The van der Waals surface area contributed by atoms with Gasteiger partial charge in [-0.05, 0) is 62.7 Å². The zero-order chi connectivity index (χ0) is 22.6. The van der Waals surface area contributed by atoms with E-state index >= 15 is 0 Å². The molecule has 0 aliphatic heterocycles. The summed E-state index contributed by atoms with van der Waals surface area (Å²) in [5.41, 5.74) is 2.20. The molecule has 0 radical (unpaired) electrons. The lowest BCUT2D eigenvalue weighted by Crippen LogP contribution is -2.22. The van der Waals surface area contributed by atoms with Gasteiger partial charge in [-0.15, -0.1) is 11.3 Å². The molecule has 0 saturated carbocycles. The van der Waals surface area contributed by atoms with Crippen LogP contribution < -0.4 is 10.3 Å². The van der Waals surface area contributed by atoms with Gasteiger partial charge >= 0.3 is 6.01 Å². The molecule has 5 rings (SSSR count). The number of ether oxygens (including phenoxy) is 1. The Morgan fingerprint density at radius 2 is 1.72 bits per heavy atom. The average molecular weight is 466 g/mol. The van der Waals surface area contributed by atoms with Crippen LogP contribution in [0.3, 0.4) is 0 Å². The lowest BCUT2D eigenvalue weighted by atomic mass is 10.1. The van der Waals surface area contributed by atoms with Crippen LogP contribution in [0.4, 0.5) is 4.39 Å². The second-order valence-corrected chi connectivity index (χ2v) is 9.04. The van der Waals surface area contributed by atoms with E-state index < -0.39 is 5.82 Å². The second kappa shape index (κ2) is 7.69. The van der Waals surface area contributed by atoms with E-state index in [9.17, 15) is 9.18 Å². The minimum Gasteiger partial charge on any atom is -0.424 e. The maximum absolute atomic E-state index is 13.8. The molecule has 5 nitrogen and oxygen atoms in total. The van der Waals surface area contributed by atoms with E-state index in [1.165, 1.54) is 28.8 Å². The van der Waals surface area contributed by atoms with E-state index in [0.29, 0.717) is 33.1 Å². The van der Waals surface area contributed by atoms with Crippen LogP contribution in [0.2, 0.25) is 5.02 Å². The Morgan fingerprint density at radius 1 is 1.00 bits per heavy atom. The van der Waals surface area contributed by atoms with Gasteiger partial charge in [0.05, 0.1) is 27.3 Å². The summed E-state index contributed by atoms with van der Waals surface area (Å²) in [5, 5.41) is 1.61. The Bertz CT molecular complexity index is 1580. The summed E-state index contributed by atoms with van der Waals surface area (Å²) in [5.74, 6) is -0.0513. The predicted molar refractivity (Wildman–Crippen MR) is 126 cm³/mol. The highest BCUT2D eigenvalue weighted by Crippen LogP contribution is 2.36. The number of aryl methyl sites for hydroxylation is 3. The number of benzene rings is 2. The molecule has 32 heavy (non-hydrogen) atoms. The number of fused-ring (bicyclic) bond motifs is 3. The highest BCUT2D eigenvalue weighted by Gasteiger charge is 2.22. The first-order valence-corrected chi connectivity index (χ1v) is 11.1. The molecule has 0 amide bonds. The van der Waals surface area contributed by atoms with E-state index in [1.54, 1.807) is 42.5 Å². The molecule has 0 aliphatic carbocycles. The molecule has 0 atom stereocenters. The molecule has 0 saturated heterocycles. The standard InChI is InChI=1S/C24H17ClFN3O2S/c1-12-14(3)32-22-19(12)21-20(13(2)27-22)23(30)29(16-10-8-15(26)9-11-16)24(28-21)31-18-7-5-4-6-17(18)25/h4-11H,1-3H3. The van der Waals surface area contributed by atoms with Gasteiger partial charge in [0.2, 0.25) is 0 Å². The van der Waals surface area contributed by atoms with E-state index in [0.717, 1.165) is 20.7 Å². The number of pyridine rings is 1. The molecule has 0 fully saturated rings. The first-order valence-electron chi connectivity index (χ1n) is 9.86. The van der Waals surface area contributed by atoms with Crippen LogP contribution in [-0.2, 0) is 0 Å². The van der Waals surface area contributed by atoms with Crippen LogP contribution in [-0.4, -0.2) is 14.5 Å². The van der Waals surface area contributed by atoms with Crippen molar-refractivity contribution in [2.75, 3.05) is 0 Å². The maximum Gasteiger partial charge on any atom is 0.310 e. The fraction of sp³-hybridized carbons (Fsp3) is 0.125. The molecule has 3 heterocycles. The number of halogens is 2. The zero-order valence-corrected chi connectivity index (χ0v) is 19.0. The van der Waals surface area contributed by atoms with Gasteiger partial charge in [-0.1, -0.05) is 23.7 Å². The number of rotatable bonds is 3. The molecule has 3 aromatic heterocycles. The van der Waals surface area contributed by atoms with Gasteiger partial charge in [-0.3, -0.25) is 4.79 Å². The molecule has 5 aromatic rings. The molecule has 2 aromatic carbocycles. The topological polar surface area (TPSA) is 57.0 Å². The van der Waals surface area contributed by atoms with Gasteiger partial charge in [0.15, 0.2) is 0 Å². The Labute approximate surface area is 191 Å². The smallest absolute Gasteiger partial charge is 0.310 e. The molecular formula is C24H17ClFN3O2S. The molecule has 160 valence electrons. The van der Waals surface area contributed by atoms with E-state index in [1.807, 2.05) is 13.8 Å². The van der Waals surface area contributed by atoms with Crippen molar-refractivity contribution in [3.63, 3.8) is 0 Å². The Morgan fingerprint density at radius 3 is 2.44 bits per heavy atom. The average Bonchev–Trinajstić information content (AvgIpc) is 3.04. The first kappa shape index (κ1) is 20.6. The third-order valence-electron chi connectivity index (χ3n) is 5.41. The third-order valence-corrected chi connectivity index (χ3v) is 6.82. The number of para-hydroxylation sites is 1. The fourth-order valence-corrected chi connectivity index (χ4v) is 4.95. The fourth-order valence-electron chi connectivity index (χ4n) is 3.70. The summed E-state index contributed by atoms with van der Waals surface area (Å²) < 4.78 is 21.0. The molecule has 0 bridgehead atoms. The summed E-state index contributed by atoms with van der Waals surface area (Å²) >= 11 is 7.87. The van der Waals surface area contributed by atoms with E-state index in [-0.39, 0.29) is 11.6 Å². The molecule has 0 spiro atoms. The number of nitrogens with zero attached hydrogens (tertiary/aromatic N) is 3. The van der Waals surface area contributed by atoms with Crippen molar-refractivity contribution < 1.29 is 9.13 Å². The quantitative estimate of drug-likeness (QED) is 0.305. The normalized spacial score (nSPS) is 11.4. The highest BCUT2D eigenvalue weighted by molar-refractivity contribution is 7.18. The van der Waals surface area contributed by atoms with Crippen LogP contribution in [0.25, 0.3) is 26.8 Å². The van der Waals surface area contributed by atoms with Gasteiger partial charge in [0.1, 0.15) is 16.4 Å². The maximum atomic E-state index is 13.8. The Kier molecular flexibility index (Phi) is 4.95. The van der Waals surface area contributed by atoms with Crippen molar-refractivity contribution in [3.8, 4) is 17.4 Å². The highest BCUT2D eigenvalue weighted by atomic mass is 35.5. The molecule has 0 aliphatic rings. The minimum absolute atomic E-state index is 0.0392. The lowest BCUT2D eigenvalue weighted by Gasteiger charge is -2.15. The van der Waals surface area contributed by atoms with Gasteiger partial charge in [-0.2, -0.15) is 4.98 Å². The van der Waals surface area contributed by atoms with Crippen molar-refractivity contribution in [1.29, 1.82) is 0 Å². The van der Waals surface area contributed by atoms with Crippen LogP contribution >= 0.6 is 22.9 Å². The largest absolute Gasteiger partial charge is 0.424 e. The predicted octanol–water partition coefficient (Wildman–Crippen LogP) is 6.51. The van der Waals surface area contributed by atoms with Crippen molar-refractivity contribution >= 4 is 44.1 Å². The van der Waals surface area contributed by atoms with Crippen LogP contribution in [0.1, 0.15) is 16.1 Å². The summed E-state index contributed by atoms with van der Waals surface area (Å²) in [4.78, 5) is 25.2. The van der Waals surface area contributed by atoms with E-state index in [4.69, 9.17) is 21.3 Å². The summed E-state index contributed by atoms with van der Waals surface area (Å²) in [6.07, 6.45) is 0. The first-order chi connectivity index (χ1) is 15.3. The summed E-state index contributed by atoms with van der Waals surface area (Å²) in [7, 11) is 0. The van der Waals surface area contributed by atoms with Crippen molar-refractivity contribution in [2.45, 2.75) is 20.8 Å². The van der Waals surface area contributed by atoms with E-state index in [2.05, 4.69) is 4.98 Å². The van der Waals surface area contributed by atoms with Crippen molar-refractivity contribution in [2.24, 2.45) is 0 Å². The monoisotopic (exact) mass is 465 g/mol. The van der Waals surface area contributed by atoms with Crippen LogP contribution in [0.15, 0.2) is 53.3 Å².